The molecule has 3 nitrogen and oxygen atoms in total. The van der Waals surface area contributed by atoms with Crippen LogP contribution in [0.15, 0.2) is 24.3 Å². The van der Waals surface area contributed by atoms with Crippen LogP contribution in [0.2, 0.25) is 0 Å². The van der Waals surface area contributed by atoms with Crippen LogP contribution in [0.3, 0.4) is 0 Å². The van der Waals surface area contributed by atoms with E-state index in [-0.39, 0.29) is 30.8 Å². The van der Waals surface area contributed by atoms with Crippen molar-refractivity contribution in [3.8, 4) is 0 Å². The molecule has 1 aliphatic heterocycles. The second kappa shape index (κ2) is 4.29. The van der Waals surface area contributed by atoms with Crippen LogP contribution in [0.5, 0.6) is 0 Å². The van der Waals surface area contributed by atoms with Gasteiger partial charge in [0.25, 0.3) is 0 Å². The first-order valence-corrected chi connectivity index (χ1v) is 7.45. The molecule has 94 valence electrons. The van der Waals surface area contributed by atoms with Gasteiger partial charge in [0.1, 0.15) is 5.67 Å². The molecule has 17 heavy (non-hydrogen) atoms. The number of benzene rings is 1. The summed E-state index contributed by atoms with van der Waals surface area (Å²) >= 11 is 0. The summed E-state index contributed by atoms with van der Waals surface area (Å²) in [4.78, 5) is 0. The number of anilines is 1. The molecule has 0 saturated carbocycles. The van der Waals surface area contributed by atoms with E-state index in [9.17, 15) is 12.8 Å². The minimum atomic E-state index is -3.03. The van der Waals surface area contributed by atoms with Gasteiger partial charge in [0.15, 0.2) is 9.84 Å². The second-order valence-corrected chi connectivity index (χ2v) is 6.98. The highest BCUT2D eigenvalue weighted by molar-refractivity contribution is 7.91. The molecule has 1 aromatic rings. The van der Waals surface area contributed by atoms with Crippen molar-refractivity contribution in [1.29, 1.82) is 0 Å². The van der Waals surface area contributed by atoms with Crippen LogP contribution in [0.25, 0.3) is 0 Å². The first-order chi connectivity index (χ1) is 7.90. The van der Waals surface area contributed by atoms with E-state index in [0.717, 1.165) is 5.56 Å². The molecule has 0 radical (unpaired) electrons. The summed E-state index contributed by atoms with van der Waals surface area (Å²) in [5, 5.41) is 0. The van der Waals surface area contributed by atoms with E-state index >= 15 is 0 Å². The molecule has 1 aliphatic rings. The van der Waals surface area contributed by atoms with Crippen molar-refractivity contribution in [2.45, 2.75) is 24.9 Å². The largest absolute Gasteiger partial charge is 0.399 e. The normalized spacial score (nSPS) is 22.2. The third kappa shape index (κ3) is 2.97. The van der Waals surface area contributed by atoms with Crippen LogP contribution < -0.4 is 5.73 Å². The van der Waals surface area contributed by atoms with E-state index in [1.54, 1.807) is 18.2 Å². The van der Waals surface area contributed by atoms with Crippen molar-refractivity contribution in [3.05, 3.63) is 29.8 Å². The van der Waals surface area contributed by atoms with E-state index in [2.05, 4.69) is 0 Å². The van der Waals surface area contributed by atoms with Gasteiger partial charge in [-0.1, -0.05) is 18.2 Å². The number of rotatable bonds is 2. The number of halogens is 1. The Bertz CT molecular complexity index is 499. The molecular formula is C12H16FNO2S. The fourth-order valence-corrected chi connectivity index (χ4v) is 3.67. The minimum Gasteiger partial charge on any atom is -0.399 e. The maximum Gasteiger partial charge on any atom is 0.150 e. The summed E-state index contributed by atoms with van der Waals surface area (Å²) in [6.45, 7) is 0. The summed E-state index contributed by atoms with van der Waals surface area (Å²) in [7, 11) is -3.03. The molecule has 0 aromatic heterocycles. The Kier molecular flexibility index (Phi) is 3.12. The van der Waals surface area contributed by atoms with Gasteiger partial charge in [-0.05, 0) is 24.5 Å². The van der Waals surface area contributed by atoms with Crippen LogP contribution >= 0.6 is 0 Å². The van der Waals surface area contributed by atoms with Gasteiger partial charge in [-0.2, -0.15) is 0 Å². The van der Waals surface area contributed by atoms with Crippen LogP contribution in [0.4, 0.5) is 10.1 Å². The number of para-hydroxylation sites is 1. The lowest BCUT2D eigenvalue weighted by molar-refractivity contribution is 0.147. The summed E-state index contributed by atoms with van der Waals surface area (Å²) in [5.41, 5.74) is 5.66. The van der Waals surface area contributed by atoms with E-state index in [0.29, 0.717) is 5.69 Å². The monoisotopic (exact) mass is 257 g/mol. The fraction of sp³-hybridized carbons (Fsp3) is 0.500. The highest BCUT2D eigenvalue weighted by Crippen LogP contribution is 2.32. The zero-order valence-electron chi connectivity index (χ0n) is 9.52. The number of nitrogen functional groups attached to an aromatic ring is 1. The first kappa shape index (κ1) is 12.4. The smallest absolute Gasteiger partial charge is 0.150 e. The van der Waals surface area contributed by atoms with Crippen molar-refractivity contribution in [2.75, 3.05) is 17.2 Å². The number of alkyl halides is 1. The summed E-state index contributed by atoms with van der Waals surface area (Å²) < 4.78 is 37.0. The number of sulfone groups is 1. The van der Waals surface area contributed by atoms with Gasteiger partial charge in [0.05, 0.1) is 11.5 Å². The first-order valence-electron chi connectivity index (χ1n) is 5.63. The molecule has 2 N–H and O–H groups in total. The van der Waals surface area contributed by atoms with Crippen molar-refractivity contribution in [1.82, 2.24) is 0 Å². The summed E-state index contributed by atoms with van der Waals surface area (Å²) in [6.07, 6.45) is 0.350. The Balaban J connectivity index is 2.12. The Morgan fingerprint density at radius 1 is 1.24 bits per heavy atom. The Morgan fingerprint density at radius 2 is 1.82 bits per heavy atom. The van der Waals surface area contributed by atoms with E-state index in [4.69, 9.17) is 5.73 Å². The molecule has 1 saturated heterocycles. The molecule has 0 unspecified atom stereocenters. The zero-order chi connectivity index (χ0) is 12.5. The number of nitrogens with two attached hydrogens (primary N) is 1. The molecular weight excluding hydrogens is 241 g/mol. The van der Waals surface area contributed by atoms with Gasteiger partial charge in [-0.15, -0.1) is 0 Å². The average Bonchev–Trinajstić information content (AvgIpc) is 2.27. The molecule has 0 bridgehead atoms. The van der Waals surface area contributed by atoms with Crippen LogP contribution in [-0.2, 0) is 16.3 Å². The summed E-state index contributed by atoms with van der Waals surface area (Å²) in [5.74, 6) is -0.119. The lowest BCUT2D eigenvalue weighted by Gasteiger charge is -2.29. The standard InChI is InChI=1S/C12H16FNO2S/c13-12(5-7-17(15,16)8-6-12)9-10-3-1-2-4-11(10)14/h1-4H,5-9,14H2. The molecule has 1 aromatic carbocycles. The van der Waals surface area contributed by atoms with Gasteiger partial charge >= 0.3 is 0 Å². The minimum absolute atomic E-state index is 0.0593. The molecule has 1 fully saturated rings. The zero-order valence-corrected chi connectivity index (χ0v) is 10.3. The number of hydrogen-bond acceptors (Lipinski definition) is 3. The quantitative estimate of drug-likeness (QED) is 0.821. The number of hydrogen-bond donors (Lipinski definition) is 1. The molecule has 5 heteroatoms. The maximum atomic E-state index is 14.5. The molecule has 0 atom stereocenters. The predicted octanol–water partition coefficient (Wildman–Crippen LogP) is 1.73. The van der Waals surface area contributed by atoms with Crippen molar-refractivity contribution < 1.29 is 12.8 Å². The van der Waals surface area contributed by atoms with Crippen molar-refractivity contribution in [3.63, 3.8) is 0 Å². The van der Waals surface area contributed by atoms with Gasteiger partial charge < -0.3 is 5.73 Å². The third-order valence-electron chi connectivity index (χ3n) is 3.28. The van der Waals surface area contributed by atoms with Crippen LogP contribution in [0, 0.1) is 0 Å². The highest BCUT2D eigenvalue weighted by Gasteiger charge is 2.37. The summed E-state index contributed by atoms with van der Waals surface area (Å²) in [6, 6.07) is 7.14. The van der Waals surface area contributed by atoms with Gasteiger partial charge in [0, 0.05) is 12.1 Å². The predicted molar refractivity (Wildman–Crippen MR) is 66.3 cm³/mol. The molecule has 0 aliphatic carbocycles. The average molecular weight is 257 g/mol. The van der Waals surface area contributed by atoms with Crippen molar-refractivity contribution in [2.24, 2.45) is 0 Å². The lowest BCUT2D eigenvalue weighted by Crippen LogP contribution is -2.37. The topological polar surface area (TPSA) is 60.2 Å². The maximum absolute atomic E-state index is 14.5. The van der Waals surface area contributed by atoms with E-state index in [1.165, 1.54) is 0 Å². The van der Waals surface area contributed by atoms with E-state index in [1.807, 2.05) is 6.07 Å². The molecule has 1 heterocycles. The Morgan fingerprint density at radius 3 is 2.41 bits per heavy atom. The van der Waals surface area contributed by atoms with Crippen LogP contribution in [0.1, 0.15) is 18.4 Å². The molecule has 0 amide bonds. The van der Waals surface area contributed by atoms with Gasteiger partial charge in [-0.3, -0.25) is 0 Å². The van der Waals surface area contributed by atoms with Gasteiger partial charge in [-0.25, -0.2) is 12.8 Å². The van der Waals surface area contributed by atoms with Gasteiger partial charge in [0.2, 0.25) is 0 Å². The third-order valence-corrected chi connectivity index (χ3v) is 4.94. The fourth-order valence-electron chi connectivity index (χ4n) is 2.12. The molecule has 0 spiro atoms. The Labute approximate surface area is 101 Å². The van der Waals surface area contributed by atoms with E-state index < -0.39 is 15.5 Å². The molecule has 2 rings (SSSR count). The highest BCUT2D eigenvalue weighted by atomic mass is 32.2. The second-order valence-electron chi connectivity index (χ2n) is 4.68. The SMILES string of the molecule is Nc1ccccc1CC1(F)CCS(=O)(=O)CC1. The van der Waals surface area contributed by atoms with Crippen molar-refractivity contribution >= 4 is 15.5 Å². The lowest BCUT2D eigenvalue weighted by atomic mass is 9.90. The van der Waals surface area contributed by atoms with Crippen LogP contribution in [-0.4, -0.2) is 25.6 Å². The Hall–Kier alpha value is -1.10.